The molecule has 0 aliphatic carbocycles. The van der Waals surface area contributed by atoms with Crippen molar-refractivity contribution >= 4 is 17.9 Å². The van der Waals surface area contributed by atoms with Crippen LogP contribution in [0.3, 0.4) is 0 Å². The van der Waals surface area contributed by atoms with E-state index in [1.807, 2.05) is 0 Å². The minimum Gasteiger partial charge on any atom is -0.462 e. The van der Waals surface area contributed by atoms with Gasteiger partial charge in [0.05, 0.1) is 0 Å². The van der Waals surface area contributed by atoms with Crippen LogP contribution in [0.25, 0.3) is 0 Å². The maximum absolute atomic E-state index is 12.8. The first kappa shape index (κ1) is 65.3. The van der Waals surface area contributed by atoms with E-state index in [1.54, 1.807) is 0 Å². The Bertz CT molecular complexity index is 1380. The predicted octanol–water partition coefficient (Wildman–Crippen LogP) is 19.3. The average Bonchev–Trinajstić information content (AvgIpc) is 3.35. The molecule has 69 heavy (non-hydrogen) atoms. The molecule has 0 aromatic heterocycles. The van der Waals surface area contributed by atoms with Crippen LogP contribution in [0.5, 0.6) is 0 Å². The van der Waals surface area contributed by atoms with Gasteiger partial charge in [0.25, 0.3) is 0 Å². The maximum atomic E-state index is 12.8. The second kappa shape index (κ2) is 56.9. The van der Waals surface area contributed by atoms with E-state index in [4.69, 9.17) is 14.2 Å². The van der Waals surface area contributed by atoms with Gasteiger partial charge in [-0.1, -0.05) is 246 Å². The standard InChI is InChI=1S/C63H106O6/c1-4-7-10-13-16-19-21-23-25-27-28-29-30-31-32-33-34-36-37-39-41-44-47-50-53-56-62(65)68-59-60(58-67-61(64)55-52-49-46-43-18-15-12-9-6-3)69-63(66)57-54-51-48-45-42-40-38-35-26-24-22-20-17-14-11-8-5-2/h7-8,10-11,16-17,19-20,23-26,28-29,31-32,60H,4-6,9,12-15,18,21-22,27,30,33-59H2,1-3H3/b10-7-,11-8-,19-16-,20-17-,25-23-,26-24-,29-28-,32-31-. The molecule has 394 valence electrons. The van der Waals surface area contributed by atoms with Crippen LogP contribution in [0.4, 0.5) is 0 Å². The van der Waals surface area contributed by atoms with Gasteiger partial charge in [-0.25, -0.2) is 0 Å². The van der Waals surface area contributed by atoms with Crippen LogP contribution in [0.1, 0.15) is 265 Å². The summed E-state index contributed by atoms with van der Waals surface area (Å²) in [6.07, 6.45) is 75.5. The van der Waals surface area contributed by atoms with Crippen molar-refractivity contribution in [3.8, 4) is 0 Å². The molecule has 0 saturated heterocycles. The highest BCUT2D eigenvalue weighted by molar-refractivity contribution is 5.71. The van der Waals surface area contributed by atoms with Gasteiger partial charge in [-0.2, -0.15) is 0 Å². The second-order valence-corrected chi connectivity index (χ2v) is 18.8. The summed E-state index contributed by atoms with van der Waals surface area (Å²) in [4.78, 5) is 38.1. The summed E-state index contributed by atoms with van der Waals surface area (Å²) in [5.41, 5.74) is 0. The summed E-state index contributed by atoms with van der Waals surface area (Å²) in [6.45, 7) is 6.39. The van der Waals surface area contributed by atoms with E-state index in [2.05, 4.69) is 118 Å². The zero-order valence-electron chi connectivity index (χ0n) is 45.0. The van der Waals surface area contributed by atoms with E-state index >= 15 is 0 Å². The zero-order valence-corrected chi connectivity index (χ0v) is 45.0. The molecule has 0 saturated carbocycles. The third-order valence-electron chi connectivity index (χ3n) is 12.1. The number of unbranched alkanes of at least 4 members (excludes halogenated alkanes) is 24. The van der Waals surface area contributed by atoms with E-state index in [1.165, 1.54) is 103 Å². The van der Waals surface area contributed by atoms with Gasteiger partial charge in [0, 0.05) is 19.3 Å². The van der Waals surface area contributed by atoms with Crippen molar-refractivity contribution in [2.75, 3.05) is 13.2 Å². The summed E-state index contributed by atoms with van der Waals surface area (Å²) in [5.74, 6) is -0.898. The number of carbonyl (C=O) groups is 3. The van der Waals surface area contributed by atoms with E-state index < -0.39 is 6.10 Å². The first-order valence-electron chi connectivity index (χ1n) is 28.7. The van der Waals surface area contributed by atoms with Gasteiger partial charge >= 0.3 is 17.9 Å². The number of esters is 3. The molecule has 0 aromatic rings. The number of hydrogen-bond acceptors (Lipinski definition) is 6. The lowest BCUT2D eigenvalue weighted by atomic mass is 10.1. The van der Waals surface area contributed by atoms with E-state index in [0.29, 0.717) is 19.3 Å². The summed E-state index contributed by atoms with van der Waals surface area (Å²) < 4.78 is 16.8. The quantitative estimate of drug-likeness (QED) is 0.0262. The number of hydrogen-bond donors (Lipinski definition) is 0. The summed E-state index contributed by atoms with van der Waals surface area (Å²) in [5, 5.41) is 0. The first-order chi connectivity index (χ1) is 34.0. The predicted molar refractivity (Wildman–Crippen MR) is 297 cm³/mol. The highest BCUT2D eigenvalue weighted by Gasteiger charge is 2.19. The van der Waals surface area contributed by atoms with Gasteiger partial charge in [-0.05, 0) is 96.3 Å². The van der Waals surface area contributed by atoms with Crippen LogP contribution in [-0.2, 0) is 28.6 Å². The zero-order chi connectivity index (χ0) is 50.0. The molecule has 0 bridgehead atoms. The van der Waals surface area contributed by atoms with Crippen LogP contribution in [0, 0.1) is 0 Å². The van der Waals surface area contributed by atoms with E-state index in [9.17, 15) is 14.4 Å². The van der Waals surface area contributed by atoms with Crippen molar-refractivity contribution in [1.82, 2.24) is 0 Å². The van der Waals surface area contributed by atoms with Gasteiger partial charge in [-0.15, -0.1) is 0 Å². The molecule has 0 aromatic carbocycles. The Morgan fingerprint density at radius 1 is 0.304 bits per heavy atom. The molecule has 0 N–H and O–H groups in total. The molecule has 0 fully saturated rings. The topological polar surface area (TPSA) is 78.9 Å². The van der Waals surface area contributed by atoms with Gasteiger partial charge in [0.2, 0.25) is 0 Å². The van der Waals surface area contributed by atoms with Crippen molar-refractivity contribution in [1.29, 1.82) is 0 Å². The second-order valence-electron chi connectivity index (χ2n) is 18.8. The van der Waals surface area contributed by atoms with Crippen molar-refractivity contribution in [2.24, 2.45) is 0 Å². The van der Waals surface area contributed by atoms with E-state index in [0.717, 1.165) is 122 Å². The van der Waals surface area contributed by atoms with Gasteiger partial charge in [-0.3, -0.25) is 14.4 Å². The Labute approximate surface area is 426 Å². The Balaban J connectivity index is 4.27. The van der Waals surface area contributed by atoms with Crippen molar-refractivity contribution < 1.29 is 28.6 Å². The smallest absolute Gasteiger partial charge is 0.306 e. The lowest BCUT2D eigenvalue weighted by molar-refractivity contribution is -0.167. The number of rotatable bonds is 51. The minimum absolute atomic E-state index is 0.0821. The molecule has 0 rings (SSSR count). The third kappa shape index (κ3) is 55.1. The molecule has 0 spiro atoms. The number of allylic oxidation sites excluding steroid dienone is 16. The van der Waals surface area contributed by atoms with Gasteiger partial charge < -0.3 is 14.2 Å². The van der Waals surface area contributed by atoms with Crippen molar-refractivity contribution in [2.45, 2.75) is 271 Å². The molecule has 1 atom stereocenters. The number of carbonyl (C=O) groups excluding carboxylic acids is 3. The van der Waals surface area contributed by atoms with Gasteiger partial charge in [0.15, 0.2) is 6.10 Å². The third-order valence-corrected chi connectivity index (χ3v) is 12.1. The Hall–Kier alpha value is -3.67. The fourth-order valence-corrected chi connectivity index (χ4v) is 7.84. The molecule has 0 radical (unpaired) electrons. The normalized spacial score (nSPS) is 12.8. The summed E-state index contributed by atoms with van der Waals surface area (Å²) in [6, 6.07) is 0. The highest BCUT2D eigenvalue weighted by Crippen LogP contribution is 2.15. The average molecular weight is 960 g/mol. The van der Waals surface area contributed by atoms with Crippen LogP contribution in [-0.4, -0.2) is 37.2 Å². The van der Waals surface area contributed by atoms with Crippen LogP contribution >= 0.6 is 0 Å². The molecule has 1 unspecified atom stereocenters. The molecule has 0 amide bonds. The Morgan fingerprint density at radius 2 is 0.565 bits per heavy atom. The lowest BCUT2D eigenvalue weighted by Crippen LogP contribution is -2.30. The molecule has 6 heteroatoms. The van der Waals surface area contributed by atoms with Crippen LogP contribution in [0.15, 0.2) is 97.2 Å². The Morgan fingerprint density at radius 3 is 0.884 bits per heavy atom. The number of ether oxygens (including phenoxy) is 3. The SMILES string of the molecule is CC/C=C\C/C=C\C/C=C\C/C=C\C/C=C\CCCCCCCCCCCC(=O)OCC(COC(=O)CCCCCCCCCCC)OC(=O)CCCCCCCCC/C=C\C/C=C\C/C=C\CC. The summed E-state index contributed by atoms with van der Waals surface area (Å²) >= 11 is 0. The Kier molecular flexibility index (Phi) is 53.9. The fourth-order valence-electron chi connectivity index (χ4n) is 7.84. The molecular formula is C63H106O6. The van der Waals surface area contributed by atoms with Gasteiger partial charge in [0.1, 0.15) is 13.2 Å². The molecular weight excluding hydrogens is 853 g/mol. The minimum atomic E-state index is -0.784. The first-order valence-corrected chi connectivity index (χ1v) is 28.7. The van der Waals surface area contributed by atoms with Crippen LogP contribution in [0.2, 0.25) is 0 Å². The monoisotopic (exact) mass is 959 g/mol. The summed E-state index contributed by atoms with van der Waals surface area (Å²) in [7, 11) is 0. The highest BCUT2D eigenvalue weighted by atomic mass is 16.6. The molecule has 6 nitrogen and oxygen atoms in total. The largest absolute Gasteiger partial charge is 0.462 e. The molecule has 0 heterocycles. The van der Waals surface area contributed by atoms with Crippen molar-refractivity contribution in [3.05, 3.63) is 97.2 Å². The molecule has 0 aliphatic rings. The van der Waals surface area contributed by atoms with E-state index in [-0.39, 0.29) is 31.1 Å². The van der Waals surface area contributed by atoms with Crippen molar-refractivity contribution in [3.63, 3.8) is 0 Å². The van der Waals surface area contributed by atoms with Crippen LogP contribution < -0.4 is 0 Å². The maximum Gasteiger partial charge on any atom is 0.306 e. The molecule has 0 aliphatic heterocycles. The lowest BCUT2D eigenvalue weighted by Gasteiger charge is -2.18. The fraction of sp³-hybridized carbons (Fsp3) is 0.698.